The first kappa shape index (κ1) is 11.3. The highest BCUT2D eigenvalue weighted by Crippen LogP contribution is 2.16. The van der Waals surface area contributed by atoms with Gasteiger partial charge in [0.05, 0.1) is 5.56 Å². The summed E-state index contributed by atoms with van der Waals surface area (Å²) in [5.74, 6) is -0.295. The standard InChI is InChI=1S/C10H12INO2/c1-7(11)14-10(13)8-5-3-4-6-9(8)12-2/h3-7,12H,1-2H3. The fourth-order valence-corrected chi connectivity index (χ4v) is 1.32. The van der Waals surface area contributed by atoms with Crippen LogP contribution in [-0.4, -0.2) is 17.1 Å². The van der Waals surface area contributed by atoms with Gasteiger partial charge in [-0.2, -0.15) is 0 Å². The topological polar surface area (TPSA) is 38.3 Å². The van der Waals surface area contributed by atoms with Gasteiger partial charge in [0, 0.05) is 12.7 Å². The van der Waals surface area contributed by atoms with E-state index in [0.717, 1.165) is 5.69 Å². The highest BCUT2D eigenvalue weighted by atomic mass is 127. The van der Waals surface area contributed by atoms with Gasteiger partial charge in [-0.3, -0.25) is 0 Å². The molecule has 0 saturated heterocycles. The molecule has 0 heterocycles. The van der Waals surface area contributed by atoms with Crippen LogP contribution in [0.1, 0.15) is 17.3 Å². The van der Waals surface area contributed by atoms with E-state index in [9.17, 15) is 4.79 Å². The number of halogens is 1. The van der Waals surface area contributed by atoms with Gasteiger partial charge in [-0.25, -0.2) is 4.79 Å². The maximum atomic E-state index is 11.6. The molecule has 0 aliphatic rings. The van der Waals surface area contributed by atoms with E-state index < -0.39 is 0 Å². The Bertz CT molecular complexity index is 326. The summed E-state index contributed by atoms with van der Waals surface area (Å²) >= 11 is 2.04. The smallest absolute Gasteiger partial charge is 0.341 e. The lowest BCUT2D eigenvalue weighted by atomic mass is 10.2. The van der Waals surface area contributed by atoms with Crippen molar-refractivity contribution in [1.29, 1.82) is 0 Å². The minimum absolute atomic E-state index is 0.120. The zero-order chi connectivity index (χ0) is 10.6. The van der Waals surface area contributed by atoms with Gasteiger partial charge in [0.1, 0.15) is 4.11 Å². The van der Waals surface area contributed by atoms with Gasteiger partial charge in [0.25, 0.3) is 0 Å². The van der Waals surface area contributed by atoms with Crippen molar-refractivity contribution < 1.29 is 9.53 Å². The lowest BCUT2D eigenvalue weighted by Gasteiger charge is -2.09. The number of carbonyl (C=O) groups is 1. The molecule has 76 valence electrons. The number of rotatable bonds is 3. The van der Waals surface area contributed by atoms with E-state index in [1.54, 1.807) is 13.1 Å². The zero-order valence-corrected chi connectivity index (χ0v) is 10.2. The molecule has 1 N–H and O–H groups in total. The fraction of sp³-hybridized carbons (Fsp3) is 0.300. The van der Waals surface area contributed by atoms with Crippen molar-refractivity contribution in [3.05, 3.63) is 29.8 Å². The second-order valence-electron chi connectivity index (χ2n) is 2.74. The SMILES string of the molecule is CNc1ccccc1C(=O)OC(C)I. The quantitative estimate of drug-likeness (QED) is 0.530. The minimum Gasteiger partial charge on any atom is -0.448 e. The predicted molar refractivity (Wildman–Crippen MR) is 64.9 cm³/mol. The van der Waals surface area contributed by atoms with Crippen LogP contribution in [0.5, 0.6) is 0 Å². The molecule has 0 bridgehead atoms. The third kappa shape index (κ3) is 2.87. The lowest BCUT2D eigenvalue weighted by Crippen LogP contribution is -2.11. The van der Waals surface area contributed by atoms with E-state index in [0.29, 0.717) is 5.56 Å². The first-order chi connectivity index (χ1) is 6.65. The molecule has 0 aliphatic heterocycles. The second kappa shape index (κ2) is 5.19. The number of nitrogens with one attached hydrogen (secondary N) is 1. The van der Waals surface area contributed by atoms with Gasteiger partial charge in [-0.15, -0.1) is 0 Å². The number of benzene rings is 1. The van der Waals surface area contributed by atoms with Gasteiger partial charge >= 0.3 is 5.97 Å². The molecule has 0 aliphatic carbocycles. The molecule has 0 saturated carbocycles. The molecular weight excluding hydrogens is 293 g/mol. The molecule has 1 aromatic rings. The third-order valence-corrected chi connectivity index (χ3v) is 1.94. The van der Waals surface area contributed by atoms with Gasteiger partial charge in [-0.05, 0) is 41.6 Å². The number of anilines is 1. The van der Waals surface area contributed by atoms with Gasteiger partial charge in [0.15, 0.2) is 0 Å². The summed E-state index contributed by atoms with van der Waals surface area (Å²) in [7, 11) is 1.78. The maximum Gasteiger partial charge on any atom is 0.341 e. The molecular formula is C10H12INO2. The monoisotopic (exact) mass is 305 g/mol. The van der Waals surface area contributed by atoms with Crippen molar-refractivity contribution in [2.45, 2.75) is 11.0 Å². The molecule has 0 spiro atoms. The van der Waals surface area contributed by atoms with Crippen molar-refractivity contribution in [3.63, 3.8) is 0 Å². The molecule has 1 unspecified atom stereocenters. The van der Waals surface area contributed by atoms with Crippen LogP contribution in [-0.2, 0) is 4.74 Å². The van der Waals surface area contributed by atoms with Crippen molar-refractivity contribution >= 4 is 34.2 Å². The van der Waals surface area contributed by atoms with Crippen molar-refractivity contribution in [3.8, 4) is 0 Å². The van der Waals surface area contributed by atoms with Gasteiger partial charge in [0.2, 0.25) is 0 Å². The van der Waals surface area contributed by atoms with Crippen LogP contribution < -0.4 is 5.32 Å². The Morgan fingerprint density at radius 1 is 1.50 bits per heavy atom. The number of esters is 1. The van der Waals surface area contributed by atoms with E-state index in [-0.39, 0.29) is 10.1 Å². The molecule has 4 heteroatoms. The summed E-state index contributed by atoms with van der Waals surface area (Å²) in [6.45, 7) is 1.82. The predicted octanol–water partition coefficient (Wildman–Crippen LogP) is 2.67. The van der Waals surface area contributed by atoms with E-state index in [1.165, 1.54) is 0 Å². The zero-order valence-electron chi connectivity index (χ0n) is 8.08. The van der Waals surface area contributed by atoms with Crippen molar-refractivity contribution in [1.82, 2.24) is 0 Å². The van der Waals surface area contributed by atoms with Crippen LogP contribution in [0, 0.1) is 0 Å². The summed E-state index contributed by atoms with van der Waals surface area (Å²) in [6.07, 6.45) is 0. The first-order valence-corrected chi connectivity index (χ1v) is 5.51. The summed E-state index contributed by atoms with van der Waals surface area (Å²) in [5, 5.41) is 2.95. The number of carbonyl (C=O) groups excluding carboxylic acids is 1. The Balaban J connectivity index is 2.88. The molecule has 3 nitrogen and oxygen atoms in total. The number of alkyl halides is 1. The highest BCUT2D eigenvalue weighted by Gasteiger charge is 2.12. The summed E-state index contributed by atoms with van der Waals surface area (Å²) in [5.41, 5.74) is 1.35. The summed E-state index contributed by atoms with van der Waals surface area (Å²) < 4.78 is 4.97. The number of hydrogen-bond acceptors (Lipinski definition) is 3. The van der Waals surface area contributed by atoms with E-state index >= 15 is 0 Å². The third-order valence-electron chi connectivity index (χ3n) is 1.69. The first-order valence-electron chi connectivity index (χ1n) is 4.27. The Labute approximate surface area is 97.0 Å². The summed E-state index contributed by atoms with van der Waals surface area (Å²) in [4.78, 5) is 11.6. The largest absolute Gasteiger partial charge is 0.448 e. The average Bonchev–Trinajstić information content (AvgIpc) is 2.16. The maximum absolute atomic E-state index is 11.6. The van der Waals surface area contributed by atoms with Crippen molar-refractivity contribution in [2.75, 3.05) is 12.4 Å². The Hall–Kier alpha value is -0.780. The van der Waals surface area contributed by atoms with Crippen molar-refractivity contribution in [2.24, 2.45) is 0 Å². The minimum atomic E-state index is -0.295. The fourth-order valence-electron chi connectivity index (χ4n) is 1.09. The number of hydrogen-bond donors (Lipinski definition) is 1. The van der Waals surface area contributed by atoms with Crippen LogP contribution >= 0.6 is 22.6 Å². The molecule has 1 atom stereocenters. The number of para-hydroxylation sites is 1. The molecule has 0 aromatic heterocycles. The van der Waals surface area contributed by atoms with Gasteiger partial charge in [-0.1, -0.05) is 12.1 Å². The highest BCUT2D eigenvalue weighted by molar-refractivity contribution is 14.1. The van der Waals surface area contributed by atoms with E-state index in [4.69, 9.17) is 4.74 Å². The van der Waals surface area contributed by atoms with Crippen LogP contribution in [0.3, 0.4) is 0 Å². The molecule has 0 radical (unpaired) electrons. The van der Waals surface area contributed by atoms with Crippen LogP contribution in [0.4, 0.5) is 5.69 Å². The van der Waals surface area contributed by atoms with Crippen LogP contribution in [0.25, 0.3) is 0 Å². The Morgan fingerprint density at radius 3 is 2.71 bits per heavy atom. The Morgan fingerprint density at radius 2 is 2.14 bits per heavy atom. The van der Waals surface area contributed by atoms with E-state index in [2.05, 4.69) is 5.32 Å². The molecule has 1 aromatic carbocycles. The average molecular weight is 305 g/mol. The molecule has 1 rings (SSSR count). The number of ether oxygens (including phenoxy) is 1. The molecule has 0 fully saturated rings. The van der Waals surface area contributed by atoms with Gasteiger partial charge < -0.3 is 10.1 Å². The van der Waals surface area contributed by atoms with Crippen LogP contribution in [0.2, 0.25) is 0 Å². The van der Waals surface area contributed by atoms with Crippen LogP contribution in [0.15, 0.2) is 24.3 Å². The molecule has 0 amide bonds. The second-order valence-corrected chi connectivity index (χ2v) is 4.50. The normalized spacial score (nSPS) is 11.9. The lowest BCUT2D eigenvalue weighted by molar-refractivity contribution is 0.0503. The van der Waals surface area contributed by atoms with E-state index in [1.807, 2.05) is 47.7 Å². The molecule has 14 heavy (non-hydrogen) atoms. The Kier molecular flexibility index (Phi) is 4.19. The summed E-state index contributed by atoms with van der Waals surface area (Å²) in [6, 6.07) is 7.27.